The van der Waals surface area contributed by atoms with Crippen LogP contribution in [-0.2, 0) is 16.0 Å². The van der Waals surface area contributed by atoms with Crippen molar-refractivity contribution < 1.29 is 29.3 Å². The number of hydrogen-bond donors (Lipinski definition) is 2. The summed E-state index contributed by atoms with van der Waals surface area (Å²) in [6.45, 7) is 9.86. The molecule has 6 nitrogen and oxygen atoms in total. The summed E-state index contributed by atoms with van der Waals surface area (Å²) >= 11 is 0. The number of aromatic carboxylic acids is 1. The maximum Gasteiger partial charge on any atom is 0.339 e. The van der Waals surface area contributed by atoms with Gasteiger partial charge >= 0.3 is 11.9 Å². The van der Waals surface area contributed by atoms with Gasteiger partial charge in [-0.25, -0.2) is 4.79 Å². The Morgan fingerprint density at radius 2 is 1.90 bits per heavy atom. The zero-order valence-corrected chi connectivity index (χ0v) is 18.4. The quantitative estimate of drug-likeness (QED) is 0.690. The highest BCUT2D eigenvalue weighted by molar-refractivity contribution is 5.93. The summed E-state index contributed by atoms with van der Waals surface area (Å²) in [5.74, 6) is -0.370. The van der Waals surface area contributed by atoms with Crippen molar-refractivity contribution in [1.82, 2.24) is 0 Å². The molecule has 5 atom stereocenters. The van der Waals surface area contributed by atoms with Crippen LogP contribution in [-0.4, -0.2) is 34.4 Å². The Hall–Kier alpha value is -2.24. The Labute approximate surface area is 177 Å². The van der Waals surface area contributed by atoms with Gasteiger partial charge in [0.25, 0.3) is 0 Å². The number of aromatic hydroxyl groups is 1. The third-order valence-corrected chi connectivity index (χ3v) is 8.29. The second kappa shape index (κ2) is 6.89. The molecule has 2 N–H and O–H groups in total. The third kappa shape index (κ3) is 2.98. The van der Waals surface area contributed by atoms with Crippen LogP contribution in [0.1, 0.15) is 74.9 Å². The van der Waals surface area contributed by atoms with Gasteiger partial charge < -0.3 is 19.7 Å². The Bertz CT molecular complexity index is 903. The molecule has 164 valence electrons. The normalized spacial score (nSPS) is 34.0. The second-order valence-corrected chi connectivity index (χ2v) is 10.3. The maximum atomic E-state index is 11.7. The summed E-state index contributed by atoms with van der Waals surface area (Å²) in [4.78, 5) is 23.3. The van der Waals surface area contributed by atoms with E-state index in [1.165, 1.54) is 6.92 Å². The molecular formula is C24H32O6. The van der Waals surface area contributed by atoms with Crippen molar-refractivity contribution >= 4 is 11.9 Å². The number of esters is 1. The Balaban J connectivity index is 1.71. The molecule has 1 aliphatic heterocycles. The lowest BCUT2D eigenvalue weighted by atomic mass is 9.46. The molecule has 30 heavy (non-hydrogen) atoms. The number of benzene rings is 1. The van der Waals surface area contributed by atoms with Crippen molar-refractivity contribution in [2.45, 2.75) is 78.9 Å². The molecule has 2 aliphatic carbocycles. The Morgan fingerprint density at radius 1 is 1.20 bits per heavy atom. The average Bonchev–Trinajstić information content (AvgIpc) is 2.62. The van der Waals surface area contributed by atoms with Crippen molar-refractivity contribution in [3.63, 3.8) is 0 Å². The van der Waals surface area contributed by atoms with Crippen LogP contribution in [0.25, 0.3) is 0 Å². The summed E-state index contributed by atoms with van der Waals surface area (Å²) in [5, 5.41) is 20.3. The van der Waals surface area contributed by atoms with E-state index in [9.17, 15) is 19.8 Å². The number of carboxylic acid groups (broad SMARTS) is 1. The number of hydrogen-bond acceptors (Lipinski definition) is 5. The van der Waals surface area contributed by atoms with Crippen molar-refractivity contribution in [2.75, 3.05) is 0 Å². The average molecular weight is 417 g/mol. The van der Waals surface area contributed by atoms with E-state index < -0.39 is 5.97 Å². The molecule has 0 saturated heterocycles. The number of fused-ring (bicyclic) bond motifs is 4. The molecule has 0 aromatic heterocycles. The van der Waals surface area contributed by atoms with Crippen molar-refractivity contribution in [3.05, 3.63) is 22.8 Å². The number of ether oxygens (including phenoxy) is 2. The molecule has 1 heterocycles. The van der Waals surface area contributed by atoms with E-state index in [4.69, 9.17) is 9.47 Å². The first kappa shape index (κ1) is 21.0. The second-order valence-electron chi connectivity index (χ2n) is 10.3. The molecule has 0 radical (unpaired) electrons. The van der Waals surface area contributed by atoms with Gasteiger partial charge in [0.2, 0.25) is 0 Å². The SMILES string of the molecule is CC(=O)O[C@H]1CC[C@]2(C)[C@H]3Cc4c(cc(C)c(C(=O)O)c4O)O[C@@H]3CC[C@H]2C1(C)C. The highest BCUT2D eigenvalue weighted by Crippen LogP contribution is 2.63. The number of aryl methyl sites for hydroxylation is 1. The lowest BCUT2D eigenvalue weighted by Crippen LogP contribution is -2.60. The van der Waals surface area contributed by atoms with Gasteiger partial charge in [-0.1, -0.05) is 20.8 Å². The van der Waals surface area contributed by atoms with Crippen LogP contribution in [0.4, 0.5) is 0 Å². The predicted molar refractivity (Wildman–Crippen MR) is 111 cm³/mol. The van der Waals surface area contributed by atoms with Crippen LogP contribution in [0.2, 0.25) is 0 Å². The molecule has 0 amide bonds. The van der Waals surface area contributed by atoms with E-state index in [1.54, 1.807) is 13.0 Å². The topological polar surface area (TPSA) is 93.1 Å². The minimum absolute atomic E-state index is 0.0350. The van der Waals surface area contributed by atoms with Gasteiger partial charge in [0.05, 0.1) is 0 Å². The minimum Gasteiger partial charge on any atom is -0.507 e. The molecule has 3 aliphatic rings. The van der Waals surface area contributed by atoms with Gasteiger partial charge in [-0.05, 0) is 62.0 Å². The van der Waals surface area contributed by atoms with Gasteiger partial charge in [0.15, 0.2) is 0 Å². The van der Waals surface area contributed by atoms with Crippen LogP contribution in [0.15, 0.2) is 6.07 Å². The molecule has 2 fully saturated rings. The van der Waals surface area contributed by atoms with Gasteiger partial charge in [0.1, 0.15) is 29.3 Å². The van der Waals surface area contributed by atoms with E-state index in [2.05, 4.69) is 20.8 Å². The highest BCUT2D eigenvalue weighted by atomic mass is 16.5. The van der Waals surface area contributed by atoms with Crippen molar-refractivity contribution in [2.24, 2.45) is 22.7 Å². The van der Waals surface area contributed by atoms with Crippen molar-refractivity contribution in [3.8, 4) is 11.5 Å². The van der Waals surface area contributed by atoms with E-state index in [0.717, 1.165) is 25.7 Å². The Morgan fingerprint density at radius 3 is 2.53 bits per heavy atom. The van der Waals surface area contributed by atoms with Crippen molar-refractivity contribution in [1.29, 1.82) is 0 Å². The molecule has 0 unspecified atom stereocenters. The van der Waals surface area contributed by atoms with E-state index in [0.29, 0.717) is 29.2 Å². The van der Waals surface area contributed by atoms with Crippen LogP contribution < -0.4 is 4.74 Å². The number of carbonyl (C=O) groups excluding carboxylic acids is 1. The van der Waals surface area contributed by atoms with E-state index >= 15 is 0 Å². The number of carboxylic acids is 1. The monoisotopic (exact) mass is 416 g/mol. The summed E-state index contributed by atoms with van der Waals surface area (Å²) < 4.78 is 12.1. The fraction of sp³-hybridized carbons (Fsp3) is 0.667. The third-order valence-electron chi connectivity index (χ3n) is 8.29. The minimum atomic E-state index is -1.12. The standard InChI is InChI=1S/C24H32O6/c1-12-10-17-14(21(26)20(12)22(27)28)11-15-16(30-17)6-7-18-23(3,4)19(29-13(2)25)8-9-24(15,18)5/h10,15-16,18-19,26H,6-9,11H2,1-5H3,(H,27,28)/t15-,16+,18-,19-,24+/m0/s1. The van der Waals surface area contributed by atoms with E-state index in [-0.39, 0.29) is 46.2 Å². The lowest BCUT2D eigenvalue weighted by molar-refractivity contribution is -0.187. The van der Waals surface area contributed by atoms with Crippen LogP contribution in [0.3, 0.4) is 0 Å². The smallest absolute Gasteiger partial charge is 0.339 e. The first-order chi connectivity index (χ1) is 14.0. The van der Waals surface area contributed by atoms with Gasteiger partial charge in [-0.3, -0.25) is 4.79 Å². The summed E-state index contributed by atoms with van der Waals surface area (Å²) in [7, 11) is 0. The van der Waals surface area contributed by atoms with Gasteiger partial charge in [-0.15, -0.1) is 0 Å². The molecule has 6 heteroatoms. The molecule has 0 bridgehead atoms. The highest BCUT2D eigenvalue weighted by Gasteiger charge is 2.60. The molecule has 1 aromatic carbocycles. The largest absolute Gasteiger partial charge is 0.507 e. The first-order valence-corrected chi connectivity index (χ1v) is 10.9. The number of carbonyl (C=O) groups is 2. The number of rotatable bonds is 2. The maximum absolute atomic E-state index is 11.7. The van der Waals surface area contributed by atoms with Crippen LogP contribution >= 0.6 is 0 Å². The Kier molecular flexibility index (Phi) is 4.83. The predicted octanol–water partition coefficient (Wildman–Crippen LogP) is 4.49. The summed E-state index contributed by atoms with van der Waals surface area (Å²) in [6.07, 6.45) is 4.17. The fourth-order valence-electron chi connectivity index (χ4n) is 6.85. The number of phenols is 1. The van der Waals surface area contributed by atoms with Crippen LogP contribution in [0, 0.1) is 29.6 Å². The zero-order valence-electron chi connectivity index (χ0n) is 18.4. The molecule has 0 spiro atoms. The van der Waals surface area contributed by atoms with Gasteiger partial charge in [-0.2, -0.15) is 0 Å². The molecule has 1 aromatic rings. The fourth-order valence-corrected chi connectivity index (χ4v) is 6.85. The zero-order chi connectivity index (χ0) is 22.0. The summed E-state index contributed by atoms with van der Waals surface area (Å²) in [5.41, 5.74) is 0.890. The molecular weight excluding hydrogens is 384 g/mol. The molecule has 2 saturated carbocycles. The summed E-state index contributed by atoms with van der Waals surface area (Å²) in [6, 6.07) is 1.75. The van der Waals surface area contributed by atoms with Crippen LogP contribution in [0.5, 0.6) is 11.5 Å². The first-order valence-electron chi connectivity index (χ1n) is 10.9. The lowest BCUT2D eigenvalue weighted by Gasteiger charge is -2.61. The molecule has 4 rings (SSSR count). The van der Waals surface area contributed by atoms with Gasteiger partial charge in [0, 0.05) is 23.8 Å². The van der Waals surface area contributed by atoms with E-state index in [1.807, 2.05) is 0 Å².